The lowest BCUT2D eigenvalue weighted by Crippen LogP contribution is -2.02. The van der Waals surface area contributed by atoms with Crippen LogP contribution in [0.3, 0.4) is 0 Å². The Morgan fingerprint density at radius 1 is 0.342 bits per heavy atom. The lowest BCUT2D eigenvalue weighted by atomic mass is 9.88. The van der Waals surface area contributed by atoms with E-state index in [1.165, 1.54) is 79.1 Å². The van der Waals surface area contributed by atoms with E-state index in [2.05, 4.69) is 211 Å². The zero-order valence-corrected chi connectivity index (χ0v) is 42.4. The average molecular weight is 1000 g/mol. The number of pyridine rings is 1. The van der Waals surface area contributed by atoms with E-state index < -0.39 is 0 Å². The Kier molecular flexibility index (Phi) is 9.67. The van der Waals surface area contributed by atoms with Crippen molar-refractivity contribution in [1.82, 2.24) is 24.5 Å². The number of thiophene rings is 2. The molecule has 10 aromatic carbocycles. The molecule has 76 heavy (non-hydrogen) atoms. The van der Waals surface area contributed by atoms with Crippen LogP contribution in [0.15, 0.2) is 243 Å². The van der Waals surface area contributed by atoms with E-state index in [9.17, 15) is 0 Å². The summed E-state index contributed by atoms with van der Waals surface area (Å²) in [6.45, 7) is 0. The summed E-state index contributed by atoms with van der Waals surface area (Å²) in [4.78, 5) is 21.6. The third-order valence-electron chi connectivity index (χ3n) is 15.4. The van der Waals surface area contributed by atoms with Crippen molar-refractivity contribution in [3.63, 3.8) is 0 Å². The summed E-state index contributed by atoms with van der Waals surface area (Å²) in [6.07, 6.45) is 2.07. The number of rotatable bonds is 7. The fourth-order valence-corrected chi connectivity index (χ4v) is 14.3. The minimum Gasteiger partial charge on any atom is -0.309 e. The molecule has 0 fully saturated rings. The second-order valence-electron chi connectivity index (χ2n) is 19.6. The molecule has 7 heteroatoms. The number of hydrogen-bond acceptors (Lipinski definition) is 6. The van der Waals surface area contributed by atoms with Gasteiger partial charge in [-0.3, -0.25) is 4.98 Å². The first-order valence-electron chi connectivity index (χ1n) is 25.6. The molecule has 0 radical (unpaired) electrons. The van der Waals surface area contributed by atoms with Crippen LogP contribution in [0.1, 0.15) is 22.6 Å². The summed E-state index contributed by atoms with van der Waals surface area (Å²) in [5.74, 6) is 1.90. The van der Waals surface area contributed by atoms with Crippen LogP contribution in [-0.4, -0.2) is 24.5 Å². The molecule has 1 aliphatic carbocycles. The molecule has 1 unspecified atom stereocenters. The van der Waals surface area contributed by atoms with Gasteiger partial charge in [0, 0.05) is 96.7 Å². The quantitative estimate of drug-likeness (QED) is 0.160. The van der Waals surface area contributed by atoms with Crippen molar-refractivity contribution in [2.75, 3.05) is 0 Å². The van der Waals surface area contributed by atoms with Gasteiger partial charge >= 0.3 is 0 Å². The van der Waals surface area contributed by atoms with E-state index in [1.807, 2.05) is 59.1 Å². The van der Waals surface area contributed by atoms with Crippen LogP contribution in [0.2, 0.25) is 0 Å². The van der Waals surface area contributed by atoms with Crippen molar-refractivity contribution >= 4 is 84.8 Å². The van der Waals surface area contributed by atoms with Gasteiger partial charge in [0.25, 0.3) is 0 Å². The highest BCUT2D eigenvalue weighted by Crippen LogP contribution is 2.53. The van der Waals surface area contributed by atoms with Crippen LogP contribution >= 0.6 is 22.7 Å². The molecule has 1 atom stereocenters. The molecule has 0 saturated heterocycles. The minimum atomic E-state index is 0.140. The molecule has 16 rings (SSSR count). The molecule has 0 N–H and O–H groups in total. The van der Waals surface area contributed by atoms with Crippen molar-refractivity contribution in [3.05, 3.63) is 259 Å². The fraction of sp³-hybridized carbons (Fsp3) is 0.0145. The summed E-state index contributed by atoms with van der Waals surface area (Å²) < 4.78 is 7.32. The van der Waals surface area contributed by atoms with Gasteiger partial charge < -0.3 is 4.57 Å². The first-order chi connectivity index (χ1) is 37.7. The molecule has 0 amide bonds. The van der Waals surface area contributed by atoms with E-state index in [0.29, 0.717) is 17.5 Å². The van der Waals surface area contributed by atoms with Gasteiger partial charge in [0.05, 0.1) is 16.7 Å². The lowest BCUT2D eigenvalue weighted by molar-refractivity contribution is 1.02. The van der Waals surface area contributed by atoms with Gasteiger partial charge in [-0.2, -0.15) is 0 Å². The van der Waals surface area contributed by atoms with Crippen molar-refractivity contribution in [3.8, 4) is 73.4 Å². The van der Waals surface area contributed by atoms with E-state index in [-0.39, 0.29) is 5.92 Å². The van der Waals surface area contributed by atoms with E-state index >= 15 is 0 Å². The molecule has 0 saturated carbocycles. The van der Waals surface area contributed by atoms with Gasteiger partial charge in [0.2, 0.25) is 0 Å². The second-order valence-corrected chi connectivity index (χ2v) is 21.8. The molecular weight excluding hydrogens is 963 g/mol. The predicted octanol–water partition coefficient (Wildman–Crippen LogP) is 18.6. The second kappa shape index (κ2) is 17.1. The summed E-state index contributed by atoms with van der Waals surface area (Å²) >= 11 is 3.69. The molecule has 0 bridgehead atoms. The van der Waals surface area contributed by atoms with Crippen LogP contribution in [0, 0.1) is 0 Å². The number of hydrogen-bond donors (Lipinski definition) is 0. The molecule has 354 valence electrons. The number of nitrogens with zero attached hydrogens (tertiary/aromatic N) is 5. The Morgan fingerprint density at radius 3 is 1.66 bits per heavy atom. The Labute approximate surface area is 445 Å². The number of para-hydroxylation sites is 2. The zero-order chi connectivity index (χ0) is 49.8. The molecule has 5 aromatic heterocycles. The first-order valence-corrected chi connectivity index (χ1v) is 27.3. The lowest BCUT2D eigenvalue weighted by Gasteiger charge is -2.15. The van der Waals surface area contributed by atoms with Gasteiger partial charge in [-0.25, -0.2) is 15.0 Å². The van der Waals surface area contributed by atoms with Crippen LogP contribution in [0.5, 0.6) is 0 Å². The molecule has 15 aromatic rings. The van der Waals surface area contributed by atoms with E-state index in [4.69, 9.17) is 19.9 Å². The largest absolute Gasteiger partial charge is 0.309 e. The highest BCUT2D eigenvalue weighted by Gasteiger charge is 2.31. The van der Waals surface area contributed by atoms with Crippen LogP contribution < -0.4 is 0 Å². The van der Waals surface area contributed by atoms with Crippen molar-refractivity contribution in [1.29, 1.82) is 0 Å². The Bertz CT molecular complexity index is 4750. The molecule has 1 aliphatic rings. The highest BCUT2D eigenvalue weighted by atomic mass is 32.1. The van der Waals surface area contributed by atoms with Gasteiger partial charge in [-0.05, 0) is 94.0 Å². The summed E-state index contributed by atoms with van der Waals surface area (Å²) in [5, 5.41) is 7.28. The summed E-state index contributed by atoms with van der Waals surface area (Å²) in [7, 11) is 0. The maximum absolute atomic E-state index is 5.62. The first kappa shape index (κ1) is 43.0. The number of benzene rings is 10. The van der Waals surface area contributed by atoms with Gasteiger partial charge in [-0.15, -0.1) is 22.7 Å². The molecule has 5 nitrogen and oxygen atoms in total. The smallest absolute Gasteiger partial charge is 0.166 e. The summed E-state index contributed by atoms with van der Waals surface area (Å²) in [6, 6.07) is 85.1. The normalized spacial score (nSPS) is 13.1. The Hall–Kier alpha value is -9.40. The van der Waals surface area contributed by atoms with Gasteiger partial charge in [0.1, 0.15) is 0 Å². The van der Waals surface area contributed by atoms with Crippen molar-refractivity contribution in [2.45, 2.75) is 5.92 Å². The standard InChI is InChI=1S/C69H41N5S2/c1-5-19-41(20-6-1)63-49-29-14-13-27-47(49)51-38-61-54(36-53(51)63)64-46(30-17-33-59(64)75-61)44-35-56(69-72-67(42-21-7-2-8-22-42)71-68(73-69)43-23-9-3-10-24-43)66(70-40-44)50-31-18-34-60-65(50)55-37-58-52(39-62(55)76-60)48-28-15-16-32-57(48)74(58)45-25-11-4-12-26-45/h1-40,63H. The SMILES string of the molecule is c1ccc(-c2nc(-c3ccccc3)nc(-c3cc(-c4cccc5sc6cc7c(cc6c45)C(c4ccccc4)c4ccccc4-7)cnc3-c3cccc4sc5cc6c7ccccc7n(-c7ccccc7)c6cc5c34)n2)cc1. The fourth-order valence-electron chi connectivity index (χ4n) is 12.0. The Balaban J connectivity index is 0.958. The monoisotopic (exact) mass is 1000 g/mol. The molecule has 5 heterocycles. The topological polar surface area (TPSA) is 56.5 Å². The van der Waals surface area contributed by atoms with Gasteiger partial charge in [-0.1, -0.05) is 176 Å². The molecular formula is C69H41N5S2. The maximum atomic E-state index is 5.62. The minimum absolute atomic E-state index is 0.140. The van der Waals surface area contributed by atoms with Crippen LogP contribution in [0.25, 0.3) is 136 Å². The molecule has 0 spiro atoms. The average Bonchev–Trinajstić information content (AvgIpc) is 4.26. The number of fused-ring (bicyclic) bond motifs is 12. The third-order valence-corrected chi connectivity index (χ3v) is 17.6. The predicted molar refractivity (Wildman–Crippen MR) is 318 cm³/mol. The van der Waals surface area contributed by atoms with E-state index in [0.717, 1.165) is 55.7 Å². The number of aromatic nitrogens is 5. The van der Waals surface area contributed by atoms with Gasteiger partial charge in [0.15, 0.2) is 17.5 Å². The van der Waals surface area contributed by atoms with Crippen molar-refractivity contribution < 1.29 is 0 Å². The maximum Gasteiger partial charge on any atom is 0.166 e. The highest BCUT2D eigenvalue weighted by molar-refractivity contribution is 7.26. The Morgan fingerprint density at radius 2 is 0.921 bits per heavy atom. The molecule has 0 aliphatic heterocycles. The zero-order valence-electron chi connectivity index (χ0n) is 40.7. The third kappa shape index (κ3) is 6.69. The van der Waals surface area contributed by atoms with Crippen LogP contribution in [0.4, 0.5) is 0 Å². The van der Waals surface area contributed by atoms with Crippen molar-refractivity contribution in [2.24, 2.45) is 0 Å². The van der Waals surface area contributed by atoms with E-state index in [1.54, 1.807) is 0 Å². The summed E-state index contributed by atoms with van der Waals surface area (Å²) in [5.41, 5.74) is 16.7. The van der Waals surface area contributed by atoms with Crippen LogP contribution in [-0.2, 0) is 0 Å².